The number of rotatable bonds is 7. The van der Waals surface area contributed by atoms with Gasteiger partial charge in [-0.15, -0.1) is 0 Å². The third-order valence-corrected chi connectivity index (χ3v) is 6.10. The summed E-state index contributed by atoms with van der Waals surface area (Å²) in [6, 6.07) is 22.1. The Morgan fingerprint density at radius 1 is 0.946 bits per heavy atom. The summed E-state index contributed by atoms with van der Waals surface area (Å²) in [6.45, 7) is 8.47. The molecule has 1 aromatic heterocycles. The van der Waals surface area contributed by atoms with Gasteiger partial charge in [0, 0.05) is 22.9 Å². The van der Waals surface area contributed by atoms with E-state index < -0.39 is 0 Å². The Balaban J connectivity index is 1.51. The standard InChI is InChI=1S/C30H31N3O4/c1-19-11-13-22(32-29(35)25-15-21(30(2,3)4)12-14-27(25)36-5)16-24(19)26-17-23(37-33-26)18-31-28(34)20-9-7-6-8-10-20/h6-17H,18H2,1-5H3,(H,31,34)(H,32,35). The maximum atomic E-state index is 13.2. The highest BCUT2D eigenvalue weighted by molar-refractivity contribution is 6.06. The van der Waals surface area contributed by atoms with E-state index in [9.17, 15) is 9.59 Å². The van der Waals surface area contributed by atoms with Gasteiger partial charge in [-0.1, -0.05) is 56.3 Å². The molecule has 0 saturated heterocycles. The predicted octanol–water partition coefficient (Wildman–Crippen LogP) is 6.14. The van der Waals surface area contributed by atoms with Crippen molar-refractivity contribution in [2.24, 2.45) is 0 Å². The number of methoxy groups -OCH3 is 1. The zero-order chi connectivity index (χ0) is 26.6. The average molecular weight is 498 g/mol. The van der Waals surface area contributed by atoms with Crippen molar-refractivity contribution in [2.75, 3.05) is 12.4 Å². The van der Waals surface area contributed by atoms with Crippen molar-refractivity contribution in [3.63, 3.8) is 0 Å². The third-order valence-electron chi connectivity index (χ3n) is 6.10. The molecule has 0 bridgehead atoms. The van der Waals surface area contributed by atoms with Gasteiger partial charge in [0.1, 0.15) is 11.4 Å². The molecule has 7 heteroatoms. The summed E-state index contributed by atoms with van der Waals surface area (Å²) >= 11 is 0. The van der Waals surface area contributed by atoms with Crippen molar-refractivity contribution in [1.29, 1.82) is 0 Å². The van der Waals surface area contributed by atoms with Crippen molar-refractivity contribution in [3.8, 4) is 17.0 Å². The summed E-state index contributed by atoms with van der Waals surface area (Å²) in [7, 11) is 1.55. The Morgan fingerprint density at radius 3 is 2.41 bits per heavy atom. The van der Waals surface area contributed by atoms with Gasteiger partial charge in [0.15, 0.2) is 5.76 Å². The number of benzene rings is 3. The second-order valence-electron chi connectivity index (χ2n) is 9.88. The van der Waals surface area contributed by atoms with Crippen LogP contribution in [0.15, 0.2) is 77.3 Å². The molecular formula is C30H31N3O4. The number of aryl methyl sites for hydroxylation is 1. The molecule has 0 aliphatic rings. The molecule has 3 aromatic carbocycles. The highest BCUT2D eigenvalue weighted by Crippen LogP contribution is 2.30. The molecule has 2 amide bonds. The van der Waals surface area contributed by atoms with Crippen molar-refractivity contribution in [3.05, 3.63) is 101 Å². The summed E-state index contributed by atoms with van der Waals surface area (Å²) in [4.78, 5) is 25.5. The summed E-state index contributed by atoms with van der Waals surface area (Å²) < 4.78 is 10.9. The molecule has 0 atom stereocenters. The Morgan fingerprint density at radius 2 is 1.70 bits per heavy atom. The Bertz CT molecular complexity index is 1420. The van der Waals surface area contributed by atoms with Crippen LogP contribution in [0.1, 0.15) is 58.4 Å². The van der Waals surface area contributed by atoms with E-state index >= 15 is 0 Å². The zero-order valence-electron chi connectivity index (χ0n) is 21.7. The lowest BCUT2D eigenvalue weighted by molar-refractivity contribution is 0.0946. The van der Waals surface area contributed by atoms with Gasteiger partial charge in [-0.3, -0.25) is 9.59 Å². The first-order valence-corrected chi connectivity index (χ1v) is 12.1. The van der Waals surface area contributed by atoms with E-state index in [2.05, 4.69) is 36.6 Å². The number of anilines is 1. The third kappa shape index (κ3) is 6.06. The fourth-order valence-electron chi connectivity index (χ4n) is 3.91. The molecule has 4 rings (SSSR count). The van der Waals surface area contributed by atoms with Crippen LogP contribution in [0.25, 0.3) is 11.3 Å². The van der Waals surface area contributed by atoms with Gasteiger partial charge in [0.25, 0.3) is 11.8 Å². The number of carbonyl (C=O) groups excluding carboxylic acids is 2. The minimum Gasteiger partial charge on any atom is -0.496 e. The van der Waals surface area contributed by atoms with Gasteiger partial charge in [-0.2, -0.15) is 0 Å². The number of ether oxygens (including phenoxy) is 1. The van der Waals surface area contributed by atoms with E-state index in [1.807, 2.05) is 61.5 Å². The molecule has 0 aliphatic carbocycles. The van der Waals surface area contributed by atoms with Crippen molar-refractivity contribution >= 4 is 17.5 Å². The summed E-state index contributed by atoms with van der Waals surface area (Å²) in [5.74, 6) is 0.584. The van der Waals surface area contributed by atoms with Gasteiger partial charge in [-0.25, -0.2) is 0 Å². The van der Waals surface area contributed by atoms with Gasteiger partial charge in [-0.05, 0) is 59.9 Å². The van der Waals surface area contributed by atoms with Crippen LogP contribution in [0.3, 0.4) is 0 Å². The number of carbonyl (C=O) groups is 2. The number of hydrogen-bond donors (Lipinski definition) is 2. The Hall–Kier alpha value is -4.39. The zero-order valence-corrected chi connectivity index (χ0v) is 21.7. The Labute approximate surface area is 216 Å². The van der Waals surface area contributed by atoms with Crippen molar-refractivity contribution < 1.29 is 18.8 Å². The maximum Gasteiger partial charge on any atom is 0.259 e. The molecule has 0 radical (unpaired) electrons. The number of nitrogens with zero attached hydrogens (tertiary/aromatic N) is 1. The molecule has 0 saturated carbocycles. The number of amides is 2. The average Bonchev–Trinajstić information content (AvgIpc) is 3.36. The lowest BCUT2D eigenvalue weighted by atomic mass is 9.86. The molecule has 7 nitrogen and oxygen atoms in total. The van der Waals surface area contributed by atoms with E-state index in [1.54, 1.807) is 25.3 Å². The second-order valence-corrected chi connectivity index (χ2v) is 9.88. The largest absolute Gasteiger partial charge is 0.496 e. The molecule has 190 valence electrons. The lowest BCUT2D eigenvalue weighted by Gasteiger charge is -2.21. The van der Waals surface area contributed by atoms with Crippen LogP contribution < -0.4 is 15.4 Å². The van der Waals surface area contributed by atoms with E-state index in [0.29, 0.717) is 34.0 Å². The Kier molecular flexibility index (Phi) is 7.43. The fourth-order valence-corrected chi connectivity index (χ4v) is 3.91. The minimum absolute atomic E-state index is 0.108. The van der Waals surface area contributed by atoms with Crippen LogP contribution in [0.5, 0.6) is 5.75 Å². The van der Waals surface area contributed by atoms with E-state index in [1.165, 1.54) is 0 Å². The highest BCUT2D eigenvalue weighted by atomic mass is 16.5. The fraction of sp³-hybridized carbons (Fsp3) is 0.233. The summed E-state index contributed by atoms with van der Waals surface area (Å²) in [6.07, 6.45) is 0. The summed E-state index contributed by atoms with van der Waals surface area (Å²) in [5, 5.41) is 10.00. The first kappa shape index (κ1) is 25.7. The van der Waals surface area contributed by atoms with Crippen LogP contribution in [-0.2, 0) is 12.0 Å². The highest BCUT2D eigenvalue weighted by Gasteiger charge is 2.20. The molecule has 0 fully saturated rings. The molecular weight excluding hydrogens is 466 g/mol. The first-order valence-electron chi connectivity index (χ1n) is 12.1. The van der Waals surface area contributed by atoms with Gasteiger partial charge >= 0.3 is 0 Å². The number of nitrogens with one attached hydrogen (secondary N) is 2. The molecule has 2 N–H and O–H groups in total. The van der Waals surface area contributed by atoms with E-state index in [-0.39, 0.29) is 23.8 Å². The SMILES string of the molecule is COc1ccc(C(C)(C)C)cc1C(=O)Nc1ccc(C)c(-c2cc(CNC(=O)c3ccccc3)on2)c1. The second kappa shape index (κ2) is 10.7. The quantitative estimate of drug-likeness (QED) is 0.320. The molecule has 1 heterocycles. The van der Waals surface area contributed by atoms with Crippen LogP contribution in [0, 0.1) is 6.92 Å². The van der Waals surface area contributed by atoms with Crippen LogP contribution in [0.4, 0.5) is 5.69 Å². The number of hydrogen-bond acceptors (Lipinski definition) is 5. The van der Waals surface area contributed by atoms with Crippen LogP contribution in [-0.4, -0.2) is 24.1 Å². The molecule has 0 aliphatic heterocycles. The molecule has 4 aromatic rings. The van der Waals surface area contributed by atoms with Gasteiger partial charge in [0.2, 0.25) is 0 Å². The van der Waals surface area contributed by atoms with Gasteiger partial charge < -0.3 is 19.9 Å². The summed E-state index contributed by atoms with van der Waals surface area (Å²) in [5.41, 5.74) is 5.00. The normalized spacial score (nSPS) is 11.2. The maximum absolute atomic E-state index is 13.2. The van der Waals surface area contributed by atoms with Crippen LogP contribution >= 0.6 is 0 Å². The predicted molar refractivity (Wildman–Crippen MR) is 144 cm³/mol. The molecule has 37 heavy (non-hydrogen) atoms. The monoisotopic (exact) mass is 497 g/mol. The lowest BCUT2D eigenvalue weighted by Crippen LogP contribution is -2.22. The van der Waals surface area contributed by atoms with E-state index in [0.717, 1.165) is 16.7 Å². The first-order chi connectivity index (χ1) is 17.7. The van der Waals surface area contributed by atoms with E-state index in [4.69, 9.17) is 9.26 Å². The molecule has 0 spiro atoms. The van der Waals surface area contributed by atoms with Gasteiger partial charge in [0.05, 0.1) is 19.2 Å². The van der Waals surface area contributed by atoms with Crippen molar-refractivity contribution in [2.45, 2.75) is 39.7 Å². The molecule has 0 unspecified atom stereocenters. The smallest absolute Gasteiger partial charge is 0.259 e. The minimum atomic E-state index is -0.262. The number of aromatic nitrogens is 1. The van der Waals surface area contributed by atoms with Crippen LogP contribution in [0.2, 0.25) is 0 Å². The topological polar surface area (TPSA) is 93.5 Å². The van der Waals surface area contributed by atoms with Crippen molar-refractivity contribution in [1.82, 2.24) is 10.5 Å².